The predicted molar refractivity (Wildman–Crippen MR) is 95.1 cm³/mol. The number of nitrogens with zero attached hydrogens (tertiary/aromatic N) is 1. The molecule has 4 rings (SSSR count). The van der Waals surface area contributed by atoms with Crippen LogP contribution in [-0.2, 0) is 10.0 Å². The van der Waals surface area contributed by atoms with E-state index >= 15 is 0 Å². The first-order valence-corrected chi connectivity index (χ1v) is 9.19. The molecule has 3 nitrogen and oxygen atoms in total. The summed E-state index contributed by atoms with van der Waals surface area (Å²) in [6.07, 6.45) is 2.95. The minimum Gasteiger partial charge on any atom is -0.245 e. The Morgan fingerprint density at radius 2 is 1.39 bits per heavy atom. The lowest BCUT2D eigenvalue weighted by Crippen LogP contribution is -2.07. The number of rotatable bonds is 2. The van der Waals surface area contributed by atoms with Gasteiger partial charge in [0.25, 0.3) is 0 Å². The molecule has 4 heteroatoms. The zero-order valence-electron chi connectivity index (χ0n) is 12.6. The van der Waals surface area contributed by atoms with Gasteiger partial charge in [0, 0.05) is 17.1 Å². The highest BCUT2D eigenvalue weighted by molar-refractivity contribution is 7.89. The molecular formula is C19H15NO2S. The van der Waals surface area contributed by atoms with Crippen molar-refractivity contribution in [1.82, 2.24) is 3.97 Å². The molecule has 1 aromatic heterocycles. The Morgan fingerprint density at radius 3 is 2.17 bits per heavy atom. The first kappa shape index (κ1) is 14.0. The van der Waals surface area contributed by atoms with E-state index in [1.807, 2.05) is 48.5 Å². The van der Waals surface area contributed by atoms with Crippen LogP contribution < -0.4 is 0 Å². The molecule has 0 saturated heterocycles. The Balaban J connectivity index is 2.14. The predicted octanol–water partition coefficient (Wildman–Crippen LogP) is 4.27. The molecule has 0 unspecified atom stereocenters. The lowest BCUT2D eigenvalue weighted by molar-refractivity contribution is 0.595. The van der Waals surface area contributed by atoms with E-state index in [2.05, 4.69) is 18.2 Å². The maximum absolute atomic E-state index is 12.1. The van der Waals surface area contributed by atoms with Gasteiger partial charge >= 0.3 is 0 Å². The Hall–Kier alpha value is -2.59. The summed E-state index contributed by atoms with van der Waals surface area (Å²) < 4.78 is 25.6. The van der Waals surface area contributed by atoms with Gasteiger partial charge in [-0.15, -0.1) is 0 Å². The van der Waals surface area contributed by atoms with Crippen LogP contribution in [0.3, 0.4) is 0 Å². The van der Waals surface area contributed by atoms with Crippen molar-refractivity contribution in [3.8, 4) is 11.1 Å². The van der Waals surface area contributed by atoms with Crippen molar-refractivity contribution in [2.75, 3.05) is 6.26 Å². The SMILES string of the molecule is CS(=O)(=O)n1cc(-c2cccc3ccccc23)c2ccccc21. The molecule has 3 aromatic carbocycles. The van der Waals surface area contributed by atoms with Crippen LogP contribution in [-0.4, -0.2) is 18.6 Å². The van der Waals surface area contributed by atoms with E-state index in [1.54, 1.807) is 6.20 Å². The highest BCUT2D eigenvalue weighted by Gasteiger charge is 2.16. The standard InChI is InChI=1S/C19H15NO2S/c1-23(21,22)20-13-18(17-10-4-5-12-19(17)20)16-11-6-8-14-7-2-3-9-15(14)16/h2-13H,1H3. The van der Waals surface area contributed by atoms with Gasteiger partial charge in [0.05, 0.1) is 11.8 Å². The molecule has 0 saturated carbocycles. The van der Waals surface area contributed by atoms with Gasteiger partial charge in [0.2, 0.25) is 10.0 Å². The van der Waals surface area contributed by atoms with E-state index in [0.717, 1.165) is 27.3 Å². The fourth-order valence-electron chi connectivity index (χ4n) is 3.10. The molecule has 0 aliphatic rings. The zero-order chi connectivity index (χ0) is 16.0. The van der Waals surface area contributed by atoms with Gasteiger partial charge in [-0.1, -0.05) is 60.7 Å². The quantitative estimate of drug-likeness (QED) is 0.553. The molecule has 4 aromatic rings. The fourth-order valence-corrected chi connectivity index (χ4v) is 3.91. The van der Waals surface area contributed by atoms with Crippen LogP contribution in [0.25, 0.3) is 32.8 Å². The second-order valence-electron chi connectivity index (χ2n) is 5.65. The molecule has 0 radical (unpaired) electrons. The Morgan fingerprint density at radius 1 is 0.739 bits per heavy atom. The Labute approximate surface area is 134 Å². The van der Waals surface area contributed by atoms with Crippen molar-refractivity contribution in [2.45, 2.75) is 0 Å². The summed E-state index contributed by atoms with van der Waals surface area (Å²) in [5.41, 5.74) is 2.68. The Kier molecular flexibility index (Phi) is 3.03. The maximum Gasteiger partial charge on any atom is 0.236 e. The topological polar surface area (TPSA) is 39.1 Å². The fraction of sp³-hybridized carbons (Fsp3) is 0.0526. The smallest absolute Gasteiger partial charge is 0.236 e. The van der Waals surface area contributed by atoms with Gasteiger partial charge in [-0.05, 0) is 22.4 Å². The van der Waals surface area contributed by atoms with Crippen molar-refractivity contribution >= 4 is 31.7 Å². The minimum atomic E-state index is -3.35. The van der Waals surface area contributed by atoms with Crippen molar-refractivity contribution in [2.24, 2.45) is 0 Å². The van der Waals surface area contributed by atoms with E-state index < -0.39 is 10.0 Å². The first-order valence-electron chi connectivity index (χ1n) is 7.34. The van der Waals surface area contributed by atoms with Gasteiger partial charge in [-0.3, -0.25) is 0 Å². The highest BCUT2D eigenvalue weighted by Crippen LogP contribution is 2.35. The van der Waals surface area contributed by atoms with Crippen molar-refractivity contribution in [3.63, 3.8) is 0 Å². The third-order valence-corrected chi connectivity index (χ3v) is 5.13. The summed E-state index contributed by atoms with van der Waals surface area (Å²) in [4.78, 5) is 0. The molecule has 0 aliphatic heterocycles. The molecule has 0 fully saturated rings. The third-order valence-electron chi connectivity index (χ3n) is 4.12. The normalized spacial score (nSPS) is 12.0. The van der Waals surface area contributed by atoms with E-state index in [1.165, 1.54) is 10.2 Å². The number of para-hydroxylation sites is 1. The summed E-state index contributed by atoms with van der Waals surface area (Å²) in [7, 11) is -3.35. The minimum absolute atomic E-state index is 0.706. The van der Waals surface area contributed by atoms with Crippen LogP contribution in [0.2, 0.25) is 0 Å². The number of benzene rings is 3. The molecule has 0 amide bonds. The van der Waals surface area contributed by atoms with Crippen LogP contribution >= 0.6 is 0 Å². The van der Waals surface area contributed by atoms with Gasteiger partial charge in [0.15, 0.2) is 0 Å². The van der Waals surface area contributed by atoms with Crippen molar-refractivity contribution in [3.05, 3.63) is 72.9 Å². The van der Waals surface area contributed by atoms with Gasteiger partial charge in [-0.25, -0.2) is 12.4 Å². The number of hydrogen-bond donors (Lipinski definition) is 0. The number of aromatic nitrogens is 1. The van der Waals surface area contributed by atoms with Crippen LogP contribution in [0.1, 0.15) is 0 Å². The molecule has 0 N–H and O–H groups in total. The Bertz CT molecular complexity index is 1140. The largest absolute Gasteiger partial charge is 0.245 e. The van der Waals surface area contributed by atoms with Gasteiger partial charge in [-0.2, -0.15) is 0 Å². The number of fused-ring (bicyclic) bond motifs is 2. The van der Waals surface area contributed by atoms with Crippen LogP contribution in [0.15, 0.2) is 72.9 Å². The van der Waals surface area contributed by atoms with Crippen molar-refractivity contribution in [1.29, 1.82) is 0 Å². The molecular weight excluding hydrogens is 306 g/mol. The molecule has 0 spiro atoms. The molecule has 0 atom stereocenters. The molecule has 114 valence electrons. The van der Waals surface area contributed by atoms with Crippen LogP contribution in [0.5, 0.6) is 0 Å². The molecule has 0 bridgehead atoms. The second-order valence-corrected chi connectivity index (χ2v) is 7.50. The zero-order valence-corrected chi connectivity index (χ0v) is 13.4. The van der Waals surface area contributed by atoms with Crippen molar-refractivity contribution < 1.29 is 8.42 Å². The average Bonchev–Trinajstić information content (AvgIpc) is 2.94. The summed E-state index contributed by atoms with van der Waals surface area (Å²) in [5, 5.41) is 3.20. The van der Waals surface area contributed by atoms with E-state index in [4.69, 9.17) is 0 Å². The molecule has 1 heterocycles. The van der Waals surface area contributed by atoms with E-state index in [9.17, 15) is 8.42 Å². The molecule has 23 heavy (non-hydrogen) atoms. The first-order chi connectivity index (χ1) is 11.1. The maximum atomic E-state index is 12.1. The lowest BCUT2D eigenvalue weighted by Gasteiger charge is -2.05. The third kappa shape index (κ3) is 2.23. The lowest BCUT2D eigenvalue weighted by atomic mass is 9.98. The number of hydrogen-bond acceptors (Lipinski definition) is 2. The molecule has 0 aliphatic carbocycles. The summed E-state index contributed by atoms with van der Waals surface area (Å²) in [6.45, 7) is 0. The summed E-state index contributed by atoms with van der Waals surface area (Å²) >= 11 is 0. The van der Waals surface area contributed by atoms with Crippen LogP contribution in [0.4, 0.5) is 0 Å². The summed E-state index contributed by atoms with van der Waals surface area (Å²) in [6, 6.07) is 21.8. The van der Waals surface area contributed by atoms with Crippen LogP contribution in [0, 0.1) is 0 Å². The monoisotopic (exact) mass is 321 g/mol. The van der Waals surface area contributed by atoms with E-state index in [0.29, 0.717) is 5.52 Å². The van der Waals surface area contributed by atoms with Gasteiger partial charge < -0.3 is 0 Å². The highest BCUT2D eigenvalue weighted by atomic mass is 32.2. The summed E-state index contributed by atoms with van der Waals surface area (Å²) in [5.74, 6) is 0. The second kappa shape index (κ2) is 4.96. The van der Waals surface area contributed by atoms with Gasteiger partial charge in [0.1, 0.15) is 0 Å². The van der Waals surface area contributed by atoms with E-state index in [-0.39, 0.29) is 0 Å². The average molecular weight is 321 g/mol.